The van der Waals surface area contributed by atoms with E-state index in [-0.39, 0.29) is 30.1 Å². The molecule has 1 aliphatic rings. The Labute approximate surface area is 168 Å². The molecule has 1 aromatic rings. The largest absolute Gasteiger partial charge is 0.370 e. The Bertz CT molecular complexity index is 535. The van der Waals surface area contributed by atoms with Crippen molar-refractivity contribution in [2.24, 2.45) is 12.0 Å². The van der Waals surface area contributed by atoms with Gasteiger partial charge in [-0.05, 0) is 20.4 Å². The molecule has 0 amide bonds. The lowest BCUT2D eigenvalue weighted by atomic mass is 10.1. The summed E-state index contributed by atoms with van der Waals surface area (Å²) in [6.45, 7) is 8.74. The lowest BCUT2D eigenvalue weighted by molar-refractivity contribution is -0.00805. The molecule has 1 N–H and O–H groups in total. The van der Waals surface area contributed by atoms with Crippen molar-refractivity contribution in [1.82, 2.24) is 24.9 Å². The molecular formula is C17H33IN6O. The SMILES string of the molecule is CCC(C)N(C)CCNC(=NC)N1CCOC(c2cnn(C)c2)C1.I. The standard InChI is InChI=1S/C17H32N6O.HI/c1-6-14(2)21(4)8-7-19-17(18-3)23-9-10-24-16(13-23)15-11-20-22(5)12-15;/h11-12,14,16H,6-10,13H2,1-5H3,(H,18,19);1H. The van der Waals surface area contributed by atoms with Gasteiger partial charge in [0.15, 0.2) is 5.96 Å². The molecule has 1 saturated heterocycles. The molecule has 0 aromatic carbocycles. The van der Waals surface area contributed by atoms with Crippen molar-refractivity contribution < 1.29 is 4.74 Å². The number of halogens is 1. The van der Waals surface area contributed by atoms with E-state index in [1.807, 2.05) is 31.2 Å². The van der Waals surface area contributed by atoms with Crippen LogP contribution in [0.4, 0.5) is 0 Å². The molecule has 8 heteroatoms. The molecule has 144 valence electrons. The van der Waals surface area contributed by atoms with Gasteiger partial charge >= 0.3 is 0 Å². The third-order valence-corrected chi connectivity index (χ3v) is 4.77. The number of likely N-dealkylation sites (N-methyl/N-ethyl adjacent to an activating group) is 1. The summed E-state index contributed by atoms with van der Waals surface area (Å²) in [4.78, 5) is 9.08. The van der Waals surface area contributed by atoms with Crippen molar-refractivity contribution in [3.05, 3.63) is 18.0 Å². The van der Waals surface area contributed by atoms with Gasteiger partial charge in [-0.1, -0.05) is 6.92 Å². The second-order valence-electron chi connectivity index (χ2n) is 6.46. The van der Waals surface area contributed by atoms with Crippen LogP contribution in [0.15, 0.2) is 17.4 Å². The van der Waals surface area contributed by atoms with E-state index in [9.17, 15) is 0 Å². The maximum atomic E-state index is 5.90. The normalized spacial score (nSPS) is 19.7. The Balaban J connectivity index is 0.00000312. The molecule has 1 aliphatic heterocycles. The average Bonchev–Trinajstić information content (AvgIpc) is 3.04. The molecule has 0 aliphatic carbocycles. The van der Waals surface area contributed by atoms with Crippen LogP contribution >= 0.6 is 24.0 Å². The highest BCUT2D eigenvalue weighted by Crippen LogP contribution is 2.21. The topological polar surface area (TPSA) is 57.9 Å². The molecule has 0 bridgehead atoms. The van der Waals surface area contributed by atoms with Gasteiger partial charge in [0.1, 0.15) is 6.10 Å². The Morgan fingerprint density at radius 2 is 2.32 bits per heavy atom. The summed E-state index contributed by atoms with van der Waals surface area (Å²) in [6, 6.07) is 0.604. The highest BCUT2D eigenvalue weighted by Gasteiger charge is 2.25. The molecule has 2 heterocycles. The minimum absolute atomic E-state index is 0. The van der Waals surface area contributed by atoms with Crippen molar-refractivity contribution in [2.45, 2.75) is 32.4 Å². The van der Waals surface area contributed by atoms with Gasteiger partial charge in [0, 0.05) is 51.5 Å². The van der Waals surface area contributed by atoms with Crippen LogP contribution in [0.3, 0.4) is 0 Å². The van der Waals surface area contributed by atoms with E-state index >= 15 is 0 Å². The van der Waals surface area contributed by atoms with Crippen molar-refractivity contribution in [1.29, 1.82) is 0 Å². The third-order valence-electron chi connectivity index (χ3n) is 4.77. The van der Waals surface area contributed by atoms with Gasteiger partial charge in [-0.15, -0.1) is 24.0 Å². The molecule has 0 spiro atoms. The molecule has 25 heavy (non-hydrogen) atoms. The fourth-order valence-corrected chi connectivity index (χ4v) is 2.86. The molecule has 2 rings (SSSR count). The van der Waals surface area contributed by atoms with E-state index in [0.29, 0.717) is 12.6 Å². The third kappa shape index (κ3) is 6.41. The summed E-state index contributed by atoms with van der Waals surface area (Å²) in [5.74, 6) is 0.949. The van der Waals surface area contributed by atoms with E-state index in [0.717, 1.165) is 37.7 Å². The summed E-state index contributed by atoms with van der Waals surface area (Å²) in [6.07, 6.45) is 5.12. The predicted octanol–water partition coefficient (Wildman–Crippen LogP) is 1.72. The molecule has 1 fully saturated rings. The monoisotopic (exact) mass is 464 g/mol. The van der Waals surface area contributed by atoms with Gasteiger partial charge in [-0.25, -0.2) is 0 Å². The number of aliphatic imine (C=N–C) groups is 1. The zero-order valence-electron chi connectivity index (χ0n) is 16.1. The highest BCUT2D eigenvalue weighted by molar-refractivity contribution is 14.0. The maximum absolute atomic E-state index is 5.90. The minimum atomic E-state index is 0. The van der Waals surface area contributed by atoms with E-state index in [2.05, 4.69) is 46.1 Å². The van der Waals surface area contributed by atoms with Crippen LogP contribution in [-0.2, 0) is 11.8 Å². The number of nitrogens with zero attached hydrogens (tertiary/aromatic N) is 5. The van der Waals surface area contributed by atoms with Gasteiger partial charge < -0.3 is 19.9 Å². The lowest BCUT2D eigenvalue weighted by Gasteiger charge is -2.35. The molecule has 0 radical (unpaired) electrons. The lowest BCUT2D eigenvalue weighted by Crippen LogP contribution is -2.49. The molecule has 7 nitrogen and oxygen atoms in total. The zero-order chi connectivity index (χ0) is 17.5. The number of hydrogen-bond acceptors (Lipinski definition) is 4. The van der Waals surface area contributed by atoms with E-state index in [4.69, 9.17) is 4.74 Å². The number of hydrogen-bond donors (Lipinski definition) is 1. The zero-order valence-corrected chi connectivity index (χ0v) is 18.4. The average molecular weight is 464 g/mol. The number of aromatic nitrogens is 2. The first-order chi connectivity index (χ1) is 11.5. The fourth-order valence-electron chi connectivity index (χ4n) is 2.86. The van der Waals surface area contributed by atoms with Crippen LogP contribution in [0.5, 0.6) is 0 Å². The number of nitrogens with one attached hydrogen (secondary N) is 1. The van der Waals surface area contributed by atoms with Gasteiger partial charge in [0.2, 0.25) is 0 Å². The predicted molar refractivity (Wildman–Crippen MR) is 113 cm³/mol. The van der Waals surface area contributed by atoms with Crippen LogP contribution < -0.4 is 5.32 Å². The summed E-state index contributed by atoms with van der Waals surface area (Å²) < 4.78 is 7.72. The summed E-state index contributed by atoms with van der Waals surface area (Å²) in [7, 11) is 5.94. The van der Waals surface area contributed by atoms with Gasteiger partial charge in [0.05, 0.1) is 19.3 Å². The Hall–Kier alpha value is -0.870. The fraction of sp³-hybridized carbons (Fsp3) is 0.765. The smallest absolute Gasteiger partial charge is 0.193 e. The molecular weight excluding hydrogens is 431 g/mol. The molecule has 0 saturated carbocycles. The van der Waals surface area contributed by atoms with Crippen LogP contribution in [0.1, 0.15) is 31.9 Å². The van der Waals surface area contributed by atoms with Gasteiger partial charge in [-0.2, -0.15) is 5.10 Å². The van der Waals surface area contributed by atoms with Crippen LogP contribution in [-0.4, -0.2) is 78.5 Å². The summed E-state index contributed by atoms with van der Waals surface area (Å²) in [5, 5.41) is 7.73. The first-order valence-electron chi connectivity index (χ1n) is 8.81. The Kier molecular flexibility index (Phi) is 9.73. The summed E-state index contributed by atoms with van der Waals surface area (Å²) >= 11 is 0. The molecule has 1 aromatic heterocycles. The van der Waals surface area contributed by atoms with Gasteiger partial charge in [-0.3, -0.25) is 9.67 Å². The van der Waals surface area contributed by atoms with Gasteiger partial charge in [0.25, 0.3) is 0 Å². The van der Waals surface area contributed by atoms with Crippen molar-refractivity contribution >= 4 is 29.9 Å². The second kappa shape index (κ2) is 11.0. The number of ether oxygens (including phenoxy) is 1. The number of guanidine groups is 1. The van der Waals surface area contributed by atoms with Crippen LogP contribution in [0.25, 0.3) is 0 Å². The van der Waals surface area contributed by atoms with E-state index in [1.165, 1.54) is 6.42 Å². The maximum Gasteiger partial charge on any atom is 0.193 e. The molecule has 2 atom stereocenters. The van der Waals surface area contributed by atoms with Crippen LogP contribution in [0, 0.1) is 0 Å². The van der Waals surface area contributed by atoms with Crippen molar-refractivity contribution in [3.8, 4) is 0 Å². The Morgan fingerprint density at radius 3 is 2.92 bits per heavy atom. The van der Waals surface area contributed by atoms with E-state index in [1.54, 1.807) is 0 Å². The summed E-state index contributed by atoms with van der Waals surface area (Å²) in [5.41, 5.74) is 1.12. The van der Waals surface area contributed by atoms with E-state index < -0.39 is 0 Å². The quantitative estimate of drug-likeness (QED) is 0.395. The number of morpholine rings is 1. The molecule has 2 unspecified atom stereocenters. The van der Waals surface area contributed by atoms with Crippen molar-refractivity contribution in [3.63, 3.8) is 0 Å². The minimum Gasteiger partial charge on any atom is -0.370 e. The second-order valence-corrected chi connectivity index (χ2v) is 6.46. The Morgan fingerprint density at radius 1 is 1.56 bits per heavy atom. The highest BCUT2D eigenvalue weighted by atomic mass is 127. The van der Waals surface area contributed by atoms with Crippen molar-refractivity contribution in [2.75, 3.05) is 46.9 Å². The van der Waals surface area contributed by atoms with Crippen LogP contribution in [0.2, 0.25) is 0 Å². The first-order valence-corrected chi connectivity index (χ1v) is 8.81. The first kappa shape index (κ1) is 22.2. The number of rotatable bonds is 6. The number of aryl methyl sites for hydroxylation is 1.